The van der Waals surface area contributed by atoms with Gasteiger partial charge >= 0.3 is 0 Å². The lowest BCUT2D eigenvalue weighted by Crippen LogP contribution is -2.29. The van der Waals surface area contributed by atoms with Crippen molar-refractivity contribution >= 4 is 34.4 Å². The van der Waals surface area contributed by atoms with E-state index < -0.39 is 0 Å². The van der Waals surface area contributed by atoms with Crippen LogP contribution in [0.4, 0.5) is 10.1 Å². The number of aromatic nitrogens is 3. The van der Waals surface area contributed by atoms with Crippen molar-refractivity contribution in [2.24, 2.45) is 0 Å². The van der Waals surface area contributed by atoms with Crippen LogP contribution in [0, 0.1) is 26.6 Å². The maximum atomic E-state index is 14.0. The fourth-order valence-corrected chi connectivity index (χ4v) is 5.53. The van der Waals surface area contributed by atoms with E-state index >= 15 is 0 Å². The average molecular weight is 464 g/mol. The molecule has 1 aromatic carbocycles. The Morgan fingerprint density at radius 2 is 1.91 bits per heavy atom. The van der Waals surface area contributed by atoms with Crippen LogP contribution >= 0.6 is 23.6 Å². The molecule has 0 amide bonds. The van der Waals surface area contributed by atoms with Crippen LogP contribution in [0.2, 0.25) is 0 Å². The van der Waals surface area contributed by atoms with Crippen LogP contribution in [0.5, 0.6) is 0 Å². The van der Waals surface area contributed by atoms with Gasteiger partial charge in [-0.3, -0.25) is 9.55 Å². The number of halogens is 1. The van der Waals surface area contributed by atoms with Gasteiger partial charge in [-0.2, -0.15) is 0 Å². The zero-order valence-electron chi connectivity index (χ0n) is 17.9. The first kappa shape index (κ1) is 20.8. The first-order chi connectivity index (χ1) is 15.5. The molecular weight excluding hydrogens is 441 g/mol. The van der Waals surface area contributed by atoms with Gasteiger partial charge in [0, 0.05) is 34.8 Å². The van der Waals surface area contributed by atoms with E-state index in [1.165, 1.54) is 6.07 Å². The summed E-state index contributed by atoms with van der Waals surface area (Å²) in [6, 6.07) is 12.9. The molecule has 1 fully saturated rings. The van der Waals surface area contributed by atoms with Crippen LogP contribution in [-0.4, -0.2) is 19.6 Å². The normalized spacial score (nSPS) is 18.2. The highest BCUT2D eigenvalue weighted by Gasteiger charge is 2.42. The van der Waals surface area contributed by atoms with Crippen molar-refractivity contribution in [3.05, 3.63) is 94.3 Å². The predicted molar refractivity (Wildman–Crippen MR) is 130 cm³/mol. The molecule has 0 radical (unpaired) electrons. The Labute approximate surface area is 195 Å². The highest BCUT2D eigenvalue weighted by Crippen LogP contribution is 2.44. The van der Waals surface area contributed by atoms with E-state index in [-0.39, 0.29) is 17.9 Å². The number of benzene rings is 1. The van der Waals surface area contributed by atoms with Crippen molar-refractivity contribution in [1.82, 2.24) is 19.9 Å². The smallest absolute Gasteiger partial charge is 0.193 e. The second-order valence-electron chi connectivity index (χ2n) is 7.91. The van der Waals surface area contributed by atoms with Gasteiger partial charge in [-0.15, -0.1) is 11.3 Å². The molecule has 1 N–H and O–H groups in total. The molecule has 0 aliphatic carbocycles. The Morgan fingerprint density at radius 1 is 1.06 bits per heavy atom. The Balaban J connectivity index is 1.69. The standard InChI is InChI=1S/C24H22FN5S2/c1-14-12-17(7-8-19(14)25)30-22(21(28-23(30)31)20-6-4-5-9-26-20)18-13-15(2)29(16(18)3)24-27-10-11-32-24/h4-13,21-22H,1-3H3,(H,28,31)/t21-,22+/m1/s1. The highest BCUT2D eigenvalue weighted by molar-refractivity contribution is 7.80. The summed E-state index contributed by atoms with van der Waals surface area (Å²) in [6.45, 7) is 5.96. The third kappa shape index (κ3) is 3.40. The van der Waals surface area contributed by atoms with Crippen LogP contribution in [0.15, 0.2) is 60.2 Å². The maximum Gasteiger partial charge on any atom is 0.193 e. The Morgan fingerprint density at radius 3 is 2.59 bits per heavy atom. The van der Waals surface area contributed by atoms with Crippen molar-refractivity contribution in [3.63, 3.8) is 0 Å². The number of thiocarbonyl (C=S) groups is 1. The third-order valence-corrected chi connectivity index (χ3v) is 6.99. The quantitative estimate of drug-likeness (QED) is 0.401. The van der Waals surface area contributed by atoms with E-state index in [1.54, 1.807) is 30.5 Å². The average Bonchev–Trinajstić information content (AvgIpc) is 3.49. The number of hydrogen-bond acceptors (Lipinski definition) is 4. The number of nitrogens with zero attached hydrogens (tertiary/aromatic N) is 4. The number of pyridine rings is 1. The number of rotatable bonds is 4. The molecule has 32 heavy (non-hydrogen) atoms. The number of aryl methyl sites for hydroxylation is 2. The monoisotopic (exact) mass is 463 g/mol. The lowest BCUT2D eigenvalue weighted by Gasteiger charge is -2.28. The van der Waals surface area contributed by atoms with E-state index in [0.29, 0.717) is 10.7 Å². The van der Waals surface area contributed by atoms with Crippen molar-refractivity contribution in [2.45, 2.75) is 32.9 Å². The minimum Gasteiger partial charge on any atom is -0.351 e. The van der Waals surface area contributed by atoms with E-state index in [4.69, 9.17) is 12.2 Å². The molecule has 0 bridgehead atoms. The lowest BCUT2D eigenvalue weighted by molar-refractivity contribution is 0.564. The van der Waals surface area contributed by atoms with Crippen molar-refractivity contribution < 1.29 is 4.39 Å². The molecule has 1 saturated heterocycles. The number of thiazole rings is 1. The fraction of sp³-hybridized carbons (Fsp3) is 0.208. The van der Waals surface area contributed by atoms with Gasteiger partial charge < -0.3 is 10.2 Å². The van der Waals surface area contributed by atoms with E-state index in [1.807, 2.05) is 35.8 Å². The number of nitrogens with one attached hydrogen (secondary N) is 1. The van der Waals surface area contributed by atoms with E-state index in [0.717, 1.165) is 33.5 Å². The molecule has 8 heteroatoms. The minimum atomic E-state index is -0.230. The minimum absolute atomic E-state index is 0.151. The largest absolute Gasteiger partial charge is 0.351 e. The summed E-state index contributed by atoms with van der Waals surface area (Å²) < 4.78 is 16.2. The molecule has 0 unspecified atom stereocenters. The Kier molecular flexibility index (Phi) is 5.27. The molecule has 5 rings (SSSR count). The second-order valence-corrected chi connectivity index (χ2v) is 9.17. The van der Waals surface area contributed by atoms with Gasteiger partial charge in [0.1, 0.15) is 5.82 Å². The van der Waals surface area contributed by atoms with Gasteiger partial charge in [0.05, 0.1) is 17.8 Å². The van der Waals surface area contributed by atoms with Gasteiger partial charge in [-0.05, 0) is 80.5 Å². The van der Waals surface area contributed by atoms with Crippen LogP contribution in [0.25, 0.3) is 5.13 Å². The summed E-state index contributed by atoms with van der Waals surface area (Å²) in [5.74, 6) is -0.230. The maximum absolute atomic E-state index is 14.0. The summed E-state index contributed by atoms with van der Waals surface area (Å²) in [4.78, 5) is 11.2. The summed E-state index contributed by atoms with van der Waals surface area (Å²) in [5.41, 5.74) is 5.66. The van der Waals surface area contributed by atoms with E-state index in [2.05, 4.69) is 44.7 Å². The number of anilines is 1. The van der Waals surface area contributed by atoms with Gasteiger partial charge in [0.15, 0.2) is 10.2 Å². The number of hydrogen-bond donors (Lipinski definition) is 1. The van der Waals surface area contributed by atoms with Crippen LogP contribution < -0.4 is 10.2 Å². The topological polar surface area (TPSA) is 46.0 Å². The first-order valence-electron chi connectivity index (χ1n) is 10.3. The fourth-order valence-electron chi connectivity index (χ4n) is 4.44. The van der Waals surface area contributed by atoms with Gasteiger partial charge in [-0.25, -0.2) is 9.37 Å². The molecule has 0 saturated carbocycles. The Bertz CT molecular complexity index is 1280. The zero-order valence-corrected chi connectivity index (χ0v) is 19.5. The predicted octanol–water partition coefficient (Wildman–Crippen LogP) is 5.57. The molecule has 162 valence electrons. The molecule has 2 atom stereocenters. The van der Waals surface area contributed by atoms with Gasteiger partial charge in [0.2, 0.25) is 0 Å². The van der Waals surface area contributed by atoms with Crippen LogP contribution in [0.3, 0.4) is 0 Å². The summed E-state index contributed by atoms with van der Waals surface area (Å²) >= 11 is 7.39. The molecular formula is C24H22FN5S2. The van der Waals surface area contributed by atoms with Gasteiger partial charge in [-0.1, -0.05) is 6.07 Å². The van der Waals surface area contributed by atoms with Crippen molar-refractivity contribution in [1.29, 1.82) is 0 Å². The SMILES string of the molecule is Cc1cc(N2C(=S)N[C@H](c3ccccn3)[C@@H]2c2cc(C)n(-c3nccs3)c2C)ccc1F. The highest BCUT2D eigenvalue weighted by atomic mass is 32.1. The molecule has 5 nitrogen and oxygen atoms in total. The zero-order chi connectivity index (χ0) is 22.4. The van der Waals surface area contributed by atoms with Crippen molar-refractivity contribution in [3.8, 4) is 5.13 Å². The summed E-state index contributed by atoms with van der Waals surface area (Å²) in [6.07, 6.45) is 3.61. The second kappa shape index (κ2) is 8.11. The molecule has 4 heterocycles. The summed E-state index contributed by atoms with van der Waals surface area (Å²) in [7, 11) is 0. The molecule has 4 aromatic rings. The van der Waals surface area contributed by atoms with Crippen LogP contribution in [-0.2, 0) is 0 Å². The molecule has 3 aromatic heterocycles. The van der Waals surface area contributed by atoms with Gasteiger partial charge in [0.25, 0.3) is 0 Å². The van der Waals surface area contributed by atoms with Crippen LogP contribution in [0.1, 0.15) is 40.3 Å². The lowest BCUT2D eigenvalue weighted by atomic mass is 9.96. The third-order valence-electron chi connectivity index (χ3n) is 5.92. The summed E-state index contributed by atoms with van der Waals surface area (Å²) in [5, 5.41) is 6.97. The van der Waals surface area contributed by atoms with Crippen molar-refractivity contribution in [2.75, 3.05) is 4.90 Å². The first-order valence-corrected chi connectivity index (χ1v) is 11.6. The molecule has 0 spiro atoms. The molecule has 1 aliphatic heterocycles. The van der Waals surface area contributed by atoms with E-state index in [9.17, 15) is 4.39 Å². The molecule has 1 aliphatic rings. The Hall–Kier alpha value is -3.10.